The van der Waals surface area contributed by atoms with Gasteiger partial charge in [0.15, 0.2) is 5.60 Å². The van der Waals surface area contributed by atoms with Gasteiger partial charge in [-0.05, 0) is 53.1 Å². The first kappa shape index (κ1) is 27.0. The summed E-state index contributed by atoms with van der Waals surface area (Å²) >= 11 is 13.0. The molecule has 0 aliphatic heterocycles. The molecule has 0 aliphatic carbocycles. The van der Waals surface area contributed by atoms with Gasteiger partial charge in [-0.25, -0.2) is 9.97 Å². The Hall–Kier alpha value is -3.59. The minimum Gasteiger partial charge on any atom is -0.481 e. The zero-order valence-corrected chi connectivity index (χ0v) is 22.3. The van der Waals surface area contributed by atoms with Crippen LogP contribution in [-0.2, 0) is 25.2 Å². The van der Waals surface area contributed by atoms with Gasteiger partial charge in [0, 0.05) is 29.4 Å². The van der Waals surface area contributed by atoms with E-state index in [9.17, 15) is 18.3 Å². The number of fused-ring (bicyclic) bond motifs is 1. The number of hydrogen-bond acceptors (Lipinski definition) is 4. The quantitative estimate of drug-likeness (QED) is 0.234. The number of benzene rings is 3. The second-order valence-electron chi connectivity index (χ2n) is 9.12. The molecule has 2 heterocycles. The molecule has 0 fully saturated rings. The van der Waals surface area contributed by atoms with Crippen molar-refractivity contribution in [3.63, 3.8) is 0 Å². The summed E-state index contributed by atoms with van der Waals surface area (Å²) in [5.41, 5.74) is 0.898. The van der Waals surface area contributed by atoms with Gasteiger partial charge in [-0.2, -0.15) is 13.2 Å². The number of rotatable bonds is 6. The van der Waals surface area contributed by atoms with Gasteiger partial charge in [-0.15, -0.1) is 0 Å². The number of imidazole rings is 1. The molecule has 1 unspecified atom stereocenters. The summed E-state index contributed by atoms with van der Waals surface area (Å²) in [4.78, 5) is 8.78. The first-order valence-electron chi connectivity index (χ1n) is 11.8. The average molecular weight is 572 g/mol. The predicted octanol–water partition coefficient (Wildman–Crippen LogP) is 7.18. The number of aromatic nitrogens is 3. The first-order chi connectivity index (χ1) is 18.5. The fourth-order valence-electron chi connectivity index (χ4n) is 4.66. The number of alkyl halides is 3. The molecule has 3 aromatic carbocycles. The Morgan fingerprint density at radius 2 is 1.56 bits per heavy atom. The Labute approximate surface area is 232 Å². The van der Waals surface area contributed by atoms with Gasteiger partial charge in [0.25, 0.3) is 0 Å². The number of nitrogens with zero attached hydrogens (tertiary/aromatic N) is 3. The molecule has 0 saturated carbocycles. The lowest BCUT2D eigenvalue weighted by Gasteiger charge is -2.30. The zero-order chi connectivity index (χ0) is 27.9. The molecule has 0 bridgehead atoms. The van der Waals surface area contributed by atoms with Crippen molar-refractivity contribution in [1.29, 1.82) is 0 Å². The van der Waals surface area contributed by atoms with Crippen LogP contribution in [0.2, 0.25) is 10.0 Å². The number of halogens is 5. The topological polar surface area (TPSA) is 60.2 Å². The standard InChI is InChI=1S/C29H22Cl2F3N3O2/c1-37-16-35-15-25(37)28(38,18-7-10-21(30)11-8-18)20-9-12-24-22(14-20)26(31)23(27(36-24)39-2)13-17-3-5-19(6-4-17)29(32,33)34/h3-12,14-16,38H,13H2,1-2H3. The van der Waals surface area contributed by atoms with Crippen LogP contribution in [0, 0.1) is 0 Å². The monoisotopic (exact) mass is 571 g/mol. The van der Waals surface area contributed by atoms with Crippen LogP contribution in [0.1, 0.15) is 33.5 Å². The average Bonchev–Trinajstić information content (AvgIpc) is 3.36. The Bertz CT molecular complexity index is 1650. The van der Waals surface area contributed by atoms with Crippen molar-refractivity contribution in [2.75, 3.05) is 7.11 Å². The number of aryl methyl sites for hydroxylation is 1. The summed E-state index contributed by atoms with van der Waals surface area (Å²) < 4.78 is 46.3. The molecule has 1 atom stereocenters. The third kappa shape index (κ3) is 4.95. The summed E-state index contributed by atoms with van der Waals surface area (Å²) in [6.45, 7) is 0. The third-order valence-electron chi connectivity index (χ3n) is 6.70. The lowest BCUT2D eigenvalue weighted by Crippen LogP contribution is -2.31. The van der Waals surface area contributed by atoms with E-state index in [-0.39, 0.29) is 12.3 Å². The second-order valence-corrected chi connectivity index (χ2v) is 9.94. The molecule has 5 aromatic rings. The Morgan fingerprint density at radius 1 is 0.923 bits per heavy atom. The molecule has 1 N–H and O–H groups in total. The van der Waals surface area contributed by atoms with Crippen LogP contribution in [0.5, 0.6) is 5.88 Å². The highest BCUT2D eigenvalue weighted by molar-refractivity contribution is 6.36. The Balaban J connectivity index is 1.65. The molecular weight excluding hydrogens is 550 g/mol. The molecule has 0 radical (unpaired) electrons. The van der Waals surface area contributed by atoms with Crippen LogP contribution in [0.3, 0.4) is 0 Å². The maximum atomic E-state index is 13.0. The molecule has 0 saturated heterocycles. The van der Waals surface area contributed by atoms with Gasteiger partial charge < -0.3 is 14.4 Å². The van der Waals surface area contributed by atoms with E-state index in [2.05, 4.69) is 9.97 Å². The van der Waals surface area contributed by atoms with E-state index in [1.54, 1.807) is 66.6 Å². The molecule has 10 heteroatoms. The Kier molecular flexibility index (Phi) is 7.05. The smallest absolute Gasteiger partial charge is 0.416 e. The van der Waals surface area contributed by atoms with Gasteiger partial charge in [0.05, 0.1) is 41.4 Å². The van der Waals surface area contributed by atoms with E-state index in [0.717, 1.165) is 12.1 Å². The van der Waals surface area contributed by atoms with Gasteiger partial charge in [-0.1, -0.05) is 53.5 Å². The van der Waals surface area contributed by atoms with Crippen LogP contribution in [0.4, 0.5) is 13.2 Å². The fourth-order valence-corrected chi connectivity index (χ4v) is 5.09. The maximum absolute atomic E-state index is 13.0. The molecule has 0 amide bonds. The van der Waals surface area contributed by atoms with E-state index in [1.165, 1.54) is 19.2 Å². The minimum atomic E-state index is -4.43. The minimum absolute atomic E-state index is 0.191. The molecule has 39 heavy (non-hydrogen) atoms. The third-order valence-corrected chi connectivity index (χ3v) is 7.38. The highest BCUT2D eigenvalue weighted by atomic mass is 35.5. The largest absolute Gasteiger partial charge is 0.481 e. The van der Waals surface area contributed by atoms with E-state index >= 15 is 0 Å². The highest BCUT2D eigenvalue weighted by Crippen LogP contribution is 2.41. The van der Waals surface area contributed by atoms with Crippen molar-refractivity contribution >= 4 is 34.1 Å². The Morgan fingerprint density at radius 3 is 2.15 bits per heavy atom. The van der Waals surface area contributed by atoms with E-state index < -0.39 is 17.3 Å². The van der Waals surface area contributed by atoms with Crippen molar-refractivity contribution in [3.8, 4) is 5.88 Å². The van der Waals surface area contributed by atoms with Crippen LogP contribution >= 0.6 is 23.2 Å². The van der Waals surface area contributed by atoms with Crippen LogP contribution in [0.25, 0.3) is 10.9 Å². The number of hydrogen-bond donors (Lipinski definition) is 1. The number of methoxy groups -OCH3 is 1. The van der Waals surface area contributed by atoms with E-state index in [1.807, 2.05) is 0 Å². The molecule has 0 aliphatic rings. The van der Waals surface area contributed by atoms with Crippen molar-refractivity contribution in [3.05, 3.63) is 123 Å². The summed E-state index contributed by atoms with van der Waals surface area (Å²) in [7, 11) is 3.24. The number of pyridine rings is 1. The van der Waals surface area contributed by atoms with Crippen molar-refractivity contribution in [2.45, 2.75) is 18.2 Å². The summed E-state index contributed by atoms with van der Waals surface area (Å²) in [5.74, 6) is 0.264. The maximum Gasteiger partial charge on any atom is 0.416 e. The zero-order valence-electron chi connectivity index (χ0n) is 20.8. The second kappa shape index (κ2) is 10.2. The summed E-state index contributed by atoms with van der Waals surface area (Å²) in [5, 5.41) is 13.6. The first-order valence-corrected chi connectivity index (χ1v) is 12.6. The molecule has 0 spiro atoms. The normalized spacial score (nSPS) is 13.4. The van der Waals surface area contributed by atoms with E-state index in [4.69, 9.17) is 27.9 Å². The highest BCUT2D eigenvalue weighted by Gasteiger charge is 2.37. The van der Waals surface area contributed by atoms with Crippen LogP contribution in [-0.4, -0.2) is 26.8 Å². The molecule has 5 rings (SSSR count). The summed E-state index contributed by atoms with van der Waals surface area (Å²) in [6.07, 6.45) is -1.05. The SMILES string of the molecule is COc1nc2ccc(C(O)(c3ccc(Cl)cc3)c3cncn3C)cc2c(Cl)c1Cc1ccc(C(F)(F)F)cc1. The van der Waals surface area contributed by atoms with Crippen molar-refractivity contribution < 1.29 is 23.0 Å². The number of ether oxygens (including phenoxy) is 1. The molecule has 200 valence electrons. The van der Waals surface area contributed by atoms with Gasteiger partial charge >= 0.3 is 6.18 Å². The van der Waals surface area contributed by atoms with E-state index in [0.29, 0.717) is 48.9 Å². The molecule has 5 nitrogen and oxygen atoms in total. The van der Waals surface area contributed by atoms with Gasteiger partial charge in [0.1, 0.15) is 0 Å². The molecular formula is C29H22Cl2F3N3O2. The lowest BCUT2D eigenvalue weighted by atomic mass is 9.83. The van der Waals surface area contributed by atoms with Gasteiger partial charge in [-0.3, -0.25) is 0 Å². The van der Waals surface area contributed by atoms with Crippen LogP contribution in [0.15, 0.2) is 79.3 Å². The lowest BCUT2D eigenvalue weighted by molar-refractivity contribution is -0.137. The number of aliphatic hydroxyl groups is 1. The van der Waals surface area contributed by atoms with Gasteiger partial charge in [0.2, 0.25) is 5.88 Å². The molecule has 2 aromatic heterocycles. The van der Waals surface area contributed by atoms with Crippen molar-refractivity contribution in [1.82, 2.24) is 14.5 Å². The summed E-state index contributed by atoms with van der Waals surface area (Å²) in [6, 6.07) is 17.0. The predicted molar refractivity (Wildman–Crippen MR) is 144 cm³/mol. The fraction of sp³-hybridized carbons (Fsp3) is 0.172. The van der Waals surface area contributed by atoms with Crippen molar-refractivity contribution in [2.24, 2.45) is 7.05 Å². The van der Waals surface area contributed by atoms with Crippen LogP contribution < -0.4 is 4.74 Å².